The normalized spacial score (nSPS) is 18.4. The number of Topliss-reactive ketones (excluding diaryl/α,β-unsaturated/α-hetero) is 1. The first-order valence-corrected chi connectivity index (χ1v) is 16.1. The Morgan fingerprint density at radius 3 is 2.24 bits per heavy atom. The Morgan fingerprint density at radius 2 is 1.62 bits per heavy atom. The number of nitro benzene ring substituents is 1. The molecule has 0 saturated carbocycles. The van der Waals surface area contributed by atoms with Gasteiger partial charge in [-0.25, -0.2) is 4.79 Å². The van der Waals surface area contributed by atoms with Gasteiger partial charge in [0.05, 0.1) is 77.6 Å². The smallest absolute Gasteiger partial charge is 0.329 e. The largest absolute Gasteiger partial charge is 0.490 e. The van der Waals surface area contributed by atoms with Gasteiger partial charge in [-0.1, -0.05) is 0 Å². The minimum absolute atomic E-state index is 0.0214. The van der Waals surface area contributed by atoms with E-state index in [9.17, 15) is 24.5 Å². The number of methoxy groups -OCH3 is 1. The molecule has 3 N–H and O–H groups in total. The number of nitrogens with two attached hydrogens (primary N) is 1. The first-order valence-electron chi connectivity index (χ1n) is 14.9. The van der Waals surface area contributed by atoms with E-state index in [2.05, 4.69) is 5.32 Å². The summed E-state index contributed by atoms with van der Waals surface area (Å²) in [6.45, 7) is 3.10. The third kappa shape index (κ3) is 16.2. The average molecular weight is 660 g/mol. The molecule has 0 radical (unpaired) electrons. The molecule has 0 fully saturated rings. The maximum Gasteiger partial charge on any atom is 0.329 e. The van der Waals surface area contributed by atoms with Crippen molar-refractivity contribution < 1.29 is 52.5 Å². The molecule has 2 bridgehead atoms. The van der Waals surface area contributed by atoms with Gasteiger partial charge in [0.25, 0.3) is 5.69 Å². The highest BCUT2D eigenvalue weighted by atomic mass is 32.2. The summed E-state index contributed by atoms with van der Waals surface area (Å²) in [5.41, 5.74) is 5.61. The number of carbonyl (C=O) groups is 3. The van der Waals surface area contributed by atoms with E-state index in [1.165, 1.54) is 31.0 Å². The van der Waals surface area contributed by atoms with E-state index in [1.807, 2.05) is 0 Å². The molecule has 16 heteroatoms. The number of benzene rings is 1. The lowest BCUT2D eigenvalue weighted by molar-refractivity contribution is -0.385. The third-order valence-corrected chi connectivity index (χ3v) is 7.38. The molecule has 0 saturated heterocycles. The number of thioether (sulfide) groups is 1. The Kier molecular flexibility index (Phi) is 19.8. The van der Waals surface area contributed by atoms with Crippen molar-refractivity contribution in [2.75, 3.05) is 85.5 Å². The van der Waals surface area contributed by atoms with Crippen LogP contribution in [0.5, 0.6) is 11.5 Å². The summed E-state index contributed by atoms with van der Waals surface area (Å²) in [4.78, 5) is 48.3. The molecule has 0 aliphatic carbocycles. The summed E-state index contributed by atoms with van der Waals surface area (Å²) in [7, 11) is 1.21. The number of esters is 1. The molecule has 1 amide bonds. The third-order valence-electron chi connectivity index (χ3n) is 6.30. The van der Waals surface area contributed by atoms with Crippen molar-refractivity contribution in [1.29, 1.82) is 0 Å². The standard InChI is InChI=1S/C29H45N3O12S/c1-38-29(35)24-21-45-20-22-18-26(43-8-3-5-23(33)4-2-7-30)27(19-25(22)32(36)37)44-17-16-42-15-14-41-13-12-40-11-10-39-9-6-28(34)31-24/h18-19,24H,2-17,20-21,30H2,1H3,(H,31,34). The molecule has 2 aliphatic heterocycles. The van der Waals surface area contributed by atoms with Crippen LogP contribution < -0.4 is 20.5 Å². The number of hydrogen-bond acceptors (Lipinski definition) is 14. The van der Waals surface area contributed by atoms with Gasteiger partial charge in [0.2, 0.25) is 5.91 Å². The minimum Gasteiger partial charge on any atom is -0.490 e. The fraction of sp³-hybridized carbons (Fsp3) is 0.690. The highest BCUT2D eigenvalue weighted by Crippen LogP contribution is 2.37. The van der Waals surface area contributed by atoms with Crippen LogP contribution in [0.15, 0.2) is 12.1 Å². The number of nitrogens with one attached hydrogen (secondary N) is 1. The Labute approximate surface area is 267 Å². The predicted octanol–water partition coefficient (Wildman–Crippen LogP) is 1.80. The van der Waals surface area contributed by atoms with E-state index in [4.69, 9.17) is 38.9 Å². The van der Waals surface area contributed by atoms with Crippen LogP contribution in [0, 0.1) is 10.1 Å². The molecule has 0 spiro atoms. The Morgan fingerprint density at radius 1 is 1.00 bits per heavy atom. The number of nitro groups is 1. The lowest BCUT2D eigenvalue weighted by Crippen LogP contribution is -2.43. The molecule has 0 aromatic heterocycles. The van der Waals surface area contributed by atoms with Gasteiger partial charge < -0.3 is 44.2 Å². The zero-order valence-corrected chi connectivity index (χ0v) is 26.6. The van der Waals surface area contributed by atoms with Gasteiger partial charge in [-0.15, -0.1) is 0 Å². The summed E-state index contributed by atoms with van der Waals surface area (Å²) in [5, 5.41) is 14.6. The van der Waals surface area contributed by atoms with Gasteiger partial charge in [0, 0.05) is 36.3 Å². The van der Waals surface area contributed by atoms with Gasteiger partial charge >= 0.3 is 5.97 Å². The van der Waals surface area contributed by atoms with Crippen LogP contribution in [0.3, 0.4) is 0 Å². The Bertz CT molecular complexity index is 1060. The number of carbonyl (C=O) groups excluding carboxylic acids is 3. The summed E-state index contributed by atoms with van der Waals surface area (Å²) in [5.74, 6) is -0.301. The van der Waals surface area contributed by atoms with Crippen LogP contribution in [-0.2, 0) is 43.8 Å². The van der Waals surface area contributed by atoms with Crippen molar-refractivity contribution in [3.05, 3.63) is 27.8 Å². The maximum atomic E-state index is 12.4. The molecule has 45 heavy (non-hydrogen) atoms. The van der Waals surface area contributed by atoms with E-state index in [-0.39, 0.29) is 67.3 Å². The van der Waals surface area contributed by atoms with Gasteiger partial charge in [0.1, 0.15) is 18.4 Å². The highest BCUT2D eigenvalue weighted by Gasteiger charge is 2.24. The first kappa shape index (κ1) is 38.2. The zero-order chi connectivity index (χ0) is 32.7. The quantitative estimate of drug-likeness (QED) is 0.121. The second-order valence-corrected chi connectivity index (χ2v) is 10.8. The number of hydrogen-bond donors (Lipinski definition) is 2. The summed E-state index contributed by atoms with van der Waals surface area (Å²) in [6, 6.07) is 1.85. The summed E-state index contributed by atoms with van der Waals surface area (Å²) in [6.07, 6.45) is 1.82. The molecule has 2 aliphatic rings. The van der Waals surface area contributed by atoms with Crippen molar-refractivity contribution in [1.82, 2.24) is 5.32 Å². The minimum atomic E-state index is -0.973. The summed E-state index contributed by atoms with van der Waals surface area (Å²) < 4.78 is 38.4. The zero-order valence-electron chi connectivity index (χ0n) is 25.8. The second-order valence-electron chi connectivity index (χ2n) is 9.77. The monoisotopic (exact) mass is 659 g/mol. The predicted molar refractivity (Wildman–Crippen MR) is 165 cm³/mol. The number of fused-ring (bicyclic) bond motifs is 22. The van der Waals surface area contributed by atoms with Crippen LogP contribution in [0.2, 0.25) is 0 Å². The molecule has 15 nitrogen and oxygen atoms in total. The fourth-order valence-electron chi connectivity index (χ4n) is 3.98. The number of amides is 1. The van der Waals surface area contributed by atoms with Gasteiger partial charge in [0.15, 0.2) is 11.5 Å². The fourth-order valence-corrected chi connectivity index (χ4v) is 5.00. The SMILES string of the molecule is COC(=O)C1CSCc2cc(OCCCC(=O)CCCN)c(cc2[N+](=O)[O-])OCCOCCOCCOCCOCCC(=O)N1. The maximum absolute atomic E-state index is 12.4. The first-order chi connectivity index (χ1) is 21.8. The number of nitrogens with zero attached hydrogens (tertiary/aromatic N) is 1. The van der Waals surface area contributed by atoms with E-state index in [0.29, 0.717) is 77.4 Å². The van der Waals surface area contributed by atoms with Crippen LogP contribution in [-0.4, -0.2) is 114 Å². The Hall–Kier alpha value is -3.02. The molecule has 1 aromatic carbocycles. The van der Waals surface area contributed by atoms with Crippen molar-refractivity contribution >= 4 is 35.1 Å². The number of rotatable bonds is 10. The number of ketones is 1. The average Bonchev–Trinajstić information content (AvgIpc) is 3.02. The van der Waals surface area contributed by atoms with Crippen LogP contribution in [0.25, 0.3) is 0 Å². The van der Waals surface area contributed by atoms with Gasteiger partial charge in [-0.3, -0.25) is 19.7 Å². The van der Waals surface area contributed by atoms with Crippen molar-refractivity contribution in [3.63, 3.8) is 0 Å². The summed E-state index contributed by atoms with van der Waals surface area (Å²) >= 11 is 1.21. The molecule has 1 atom stereocenters. The van der Waals surface area contributed by atoms with E-state index >= 15 is 0 Å². The molecule has 1 aromatic rings. The van der Waals surface area contributed by atoms with Crippen LogP contribution in [0.1, 0.15) is 37.7 Å². The molecule has 3 rings (SSSR count). The van der Waals surface area contributed by atoms with Crippen molar-refractivity contribution in [2.24, 2.45) is 5.73 Å². The molecular formula is C29H45N3O12S. The lowest BCUT2D eigenvalue weighted by Gasteiger charge is -2.17. The number of ether oxygens (including phenoxy) is 7. The van der Waals surface area contributed by atoms with Crippen molar-refractivity contribution in [2.45, 2.75) is 43.9 Å². The lowest BCUT2D eigenvalue weighted by atomic mass is 10.1. The van der Waals surface area contributed by atoms with Gasteiger partial charge in [-0.05, 0) is 25.5 Å². The molecule has 1 unspecified atom stereocenters. The van der Waals surface area contributed by atoms with E-state index in [0.717, 1.165) is 0 Å². The molecule has 254 valence electrons. The van der Waals surface area contributed by atoms with E-state index < -0.39 is 22.8 Å². The van der Waals surface area contributed by atoms with Gasteiger partial charge in [-0.2, -0.15) is 11.8 Å². The highest BCUT2D eigenvalue weighted by molar-refractivity contribution is 7.98. The van der Waals surface area contributed by atoms with Crippen molar-refractivity contribution in [3.8, 4) is 11.5 Å². The molecular weight excluding hydrogens is 614 g/mol. The topological polar surface area (TPSA) is 197 Å². The second kappa shape index (κ2) is 23.3. The van der Waals surface area contributed by atoms with Crippen LogP contribution in [0.4, 0.5) is 5.69 Å². The van der Waals surface area contributed by atoms with Crippen LogP contribution >= 0.6 is 11.8 Å². The Balaban J connectivity index is 2.18. The molecule has 2 heterocycles. The van der Waals surface area contributed by atoms with E-state index in [1.54, 1.807) is 0 Å².